The minimum atomic E-state index is -0.401. The van der Waals surface area contributed by atoms with Gasteiger partial charge in [-0.1, -0.05) is 31.2 Å². The smallest absolute Gasteiger partial charge is 0.343 e. The molecule has 0 amide bonds. The molecule has 0 fully saturated rings. The first-order chi connectivity index (χ1) is 14.2. The third-order valence-corrected chi connectivity index (χ3v) is 4.19. The van der Waals surface area contributed by atoms with Crippen molar-refractivity contribution in [1.29, 1.82) is 0 Å². The van der Waals surface area contributed by atoms with Gasteiger partial charge in [0.05, 0.1) is 18.4 Å². The number of carbonyl (C=O) groups is 1. The lowest BCUT2D eigenvalue weighted by Crippen LogP contribution is -2.08. The fraction of sp³-hybridized carbons (Fsp3) is 0.160. The fourth-order valence-electron chi connectivity index (χ4n) is 2.68. The van der Waals surface area contributed by atoms with Crippen molar-refractivity contribution in [3.05, 3.63) is 90.7 Å². The molecule has 0 radical (unpaired) electrons. The highest BCUT2D eigenvalue weighted by Gasteiger charge is 2.09. The number of carbonyl (C=O) groups excluding carboxylic acids is 1. The van der Waals surface area contributed by atoms with E-state index in [1.54, 1.807) is 42.7 Å². The Bertz CT molecular complexity index is 940. The van der Waals surface area contributed by atoms with Gasteiger partial charge in [0.25, 0.3) is 0 Å². The lowest BCUT2D eigenvalue weighted by Gasteiger charge is -2.08. The quantitative estimate of drug-likeness (QED) is 0.259. The second kappa shape index (κ2) is 10.1. The standard InChI is InChI=1S/C25H24O4/c1-3-5-18-28-23-12-6-19(7-13-23)20-8-16-24(17-9-20)29-25(26)21-10-14-22(15-11-21)27-4-2/h5-18H,3-4H2,1-2H3. The van der Waals surface area contributed by atoms with Gasteiger partial charge in [0, 0.05) is 0 Å². The van der Waals surface area contributed by atoms with Gasteiger partial charge < -0.3 is 14.2 Å². The number of benzene rings is 3. The first kappa shape index (κ1) is 20.2. The third kappa shape index (κ3) is 5.72. The molecule has 3 rings (SSSR count). The maximum absolute atomic E-state index is 12.3. The summed E-state index contributed by atoms with van der Waals surface area (Å²) in [5, 5.41) is 0. The molecule has 0 unspecified atom stereocenters. The van der Waals surface area contributed by atoms with Crippen LogP contribution in [0, 0.1) is 0 Å². The maximum Gasteiger partial charge on any atom is 0.343 e. The van der Waals surface area contributed by atoms with E-state index in [0.29, 0.717) is 17.9 Å². The van der Waals surface area contributed by atoms with Crippen molar-refractivity contribution in [2.24, 2.45) is 0 Å². The molecule has 4 heteroatoms. The molecule has 0 atom stereocenters. The number of allylic oxidation sites excluding steroid dienone is 1. The van der Waals surface area contributed by atoms with Gasteiger partial charge in [-0.25, -0.2) is 4.79 Å². The predicted octanol–water partition coefficient (Wildman–Crippen LogP) is 6.27. The molecule has 3 aromatic carbocycles. The summed E-state index contributed by atoms with van der Waals surface area (Å²) in [5.74, 6) is 1.62. The summed E-state index contributed by atoms with van der Waals surface area (Å²) in [6.45, 7) is 4.56. The Morgan fingerprint density at radius 1 is 0.759 bits per heavy atom. The van der Waals surface area contributed by atoms with Gasteiger partial charge in [-0.05, 0) is 79.1 Å². The predicted molar refractivity (Wildman–Crippen MR) is 115 cm³/mol. The maximum atomic E-state index is 12.3. The molecule has 4 nitrogen and oxygen atoms in total. The Morgan fingerprint density at radius 3 is 1.86 bits per heavy atom. The summed E-state index contributed by atoms with van der Waals surface area (Å²) < 4.78 is 16.4. The molecule has 0 heterocycles. The van der Waals surface area contributed by atoms with E-state index in [1.807, 2.05) is 49.4 Å². The molecule has 29 heavy (non-hydrogen) atoms. The van der Waals surface area contributed by atoms with E-state index in [2.05, 4.69) is 6.92 Å². The molecule has 0 N–H and O–H groups in total. The number of hydrogen-bond acceptors (Lipinski definition) is 4. The molecule has 0 spiro atoms. The Labute approximate surface area is 171 Å². The monoisotopic (exact) mass is 388 g/mol. The molecule has 0 aliphatic heterocycles. The van der Waals surface area contributed by atoms with Crippen molar-refractivity contribution >= 4 is 5.97 Å². The second-order valence-corrected chi connectivity index (χ2v) is 6.29. The normalized spacial score (nSPS) is 10.7. The summed E-state index contributed by atoms with van der Waals surface area (Å²) in [5.41, 5.74) is 2.56. The molecule has 0 saturated heterocycles. The van der Waals surface area contributed by atoms with Crippen LogP contribution in [0.1, 0.15) is 30.6 Å². The minimum absolute atomic E-state index is 0.401. The van der Waals surface area contributed by atoms with E-state index in [1.165, 1.54) is 0 Å². The van der Waals surface area contributed by atoms with Crippen molar-refractivity contribution in [2.45, 2.75) is 20.3 Å². The zero-order chi connectivity index (χ0) is 20.5. The lowest BCUT2D eigenvalue weighted by atomic mass is 10.1. The van der Waals surface area contributed by atoms with Crippen LogP contribution in [0.4, 0.5) is 0 Å². The number of esters is 1. The van der Waals surface area contributed by atoms with Crippen LogP contribution in [0.2, 0.25) is 0 Å². The van der Waals surface area contributed by atoms with Gasteiger partial charge >= 0.3 is 5.97 Å². The van der Waals surface area contributed by atoms with Crippen molar-refractivity contribution < 1.29 is 19.0 Å². The van der Waals surface area contributed by atoms with Crippen LogP contribution < -0.4 is 14.2 Å². The van der Waals surface area contributed by atoms with E-state index >= 15 is 0 Å². The van der Waals surface area contributed by atoms with Crippen LogP contribution in [0.3, 0.4) is 0 Å². The van der Waals surface area contributed by atoms with Gasteiger partial charge in [-0.2, -0.15) is 0 Å². The van der Waals surface area contributed by atoms with E-state index < -0.39 is 5.97 Å². The third-order valence-electron chi connectivity index (χ3n) is 4.19. The molecule has 0 aliphatic carbocycles. The largest absolute Gasteiger partial charge is 0.494 e. The second-order valence-electron chi connectivity index (χ2n) is 6.29. The molecule has 3 aromatic rings. The Kier molecular flexibility index (Phi) is 7.06. The van der Waals surface area contributed by atoms with Gasteiger partial charge in [-0.3, -0.25) is 0 Å². The summed E-state index contributed by atoms with van der Waals surface area (Å²) in [4.78, 5) is 12.3. The van der Waals surface area contributed by atoms with Gasteiger partial charge in [0.1, 0.15) is 17.2 Å². The van der Waals surface area contributed by atoms with Crippen LogP contribution in [0.25, 0.3) is 11.1 Å². The van der Waals surface area contributed by atoms with Crippen LogP contribution in [0.15, 0.2) is 85.1 Å². The topological polar surface area (TPSA) is 44.8 Å². The van der Waals surface area contributed by atoms with Crippen LogP contribution in [-0.2, 0) is 0 Å². The van der Waals surface area contributed by atoms with E-state index in [4.69, 9.17) is 14.2 Å². The first-order valence-corrected chi connectivity index (χ1v) is 9.66. The van der Waals surface area contributed by atoms with Crippen LogP contribution in [-0.4, -0.2) is 12.6 Å². The van der Waals surface area contributed by atoms with Gasteiger partial charge in [0.2, 0.25) is 0 Å². The minimum Gasteiger partial charge on any atom is -0.494 e. The van der Waals surface area contributed by atoms with Crippen molar-refractivity contribution in [3.8, 4) is 28.4 Å². The zero-order valence-electron chi connectivity index (χ0n) is 16.6. The average Bonchev–Trinajstić information content (AvgIpc) is 2.76. The van der Waals surface area contributed by atoms with E-state index in [9.17, 15) is 4.79 Å². The lowest BCUT2D eigenvalue weighted by molar-refractivity contribution is 0.0734. The summed E-state index contributed by atoms with van der Waals surface area (Å²) >= 11 is 0. The number of rotatable bonds is 8. The van der Waals surface area contributed by atoms with Crippen molar-refractivity contribution in [1.82, 2.24) is 0 Å². The molecule has 0 saturated carbocycles. The molecular formula is C25H24O4. The zero-order valence-corrected chi connectivity index (χ0v) is 16.6. The SMILES string of the molecule is CCC=COc1ccc(-c2ccc(OC(=O)c3ccc(OCC)cc3)cc2)cc1. The van der Waals surface area contributed by atoms with E-state index in [0.717, 1.165) is 29.0 Å². The highest BCUT2D eigenvalue weighted by atomic mass is 16.5. The fourth-order valence-corrected chi connectivity index (χ4v) is 2.68. The van der Waals surface area contributed by atoms with Gasteiger partial charge in [-0.15, -0.1) is 0 Å². The highest BCUT2D eigenvalue weighted by Crippen LogP contribution is 2.25. The molecule has 0 aromatic heterocycles. The average molecular weight is 388 g/mol. The van der Waals surface area contributed by atoms with E-state index in [-0.39, 0.29) is 0 Å². The van der Waals surface area contributed by atoms with Crippen molar-refractivity contribution in [3.63, 3.8) is 0 Å². The van der Waals surface area contributed by atoms with Crippen LogP contribution in [0.5, 0.6) is 17.2 Å². The highest BCUT2D eigenvalue weighted by molar-refractivity contribution is 5.91. The number of ether oxygens (including phenoxy) is 3. The molecule has 148 valence electrons. The van der Waals surface area contributed by atoms with Crippen molar-refractivity contribution in [2.75, 3.05) is 6.61 Å². The molecule has 0 aliphatic rings. The number of hydrogen-bond donors (Lipinski definition) is 0. The molecular weight excluding hydrogens is 364 g/mol. The summed E-state index contributed by atoms with van der Waals surface area (Å²) in [6.07, 6.45) is 4.59. The van der Waals surface area contributed by atoms with Gasteiger partial charge in [0.15, 0.2) is 0 Å². The first-order valence-electron chi connectivity index (χ1n) is 9.66. The Morgan fingerprint density at radius 2 is 1.31 bits per heavy atom. The Balaban J connectivity index is 1.62. The Hall–Kier alpha value is -3.53. The summed E-state index contributed by atoms with van der Waals surface area (Å²) in [6, 6.07) is 22.2. The van der Waals surface area contributed by atoms with Crippen LogP contribution >= 0.6 is 0 Å². The molecule has 0 bridgehead atoms. The summed E-state index contributed by atoms with van der Waals surface area (Å²) in [7, 11) is 0.